The van der Waals surface area contributed by atoms with Gasteiger partial charge in [-0.05, 0) is 80.0 Å². The van der Waals surface area contributed by atoms with Crippen LogP contribution in [0.15, 0.2) is 41.3 Å². The molecule has 3 aromatic rings. The number of nitrogens with zero attached hydrogens (tertiary/aromatic N) is 5. The average Bonchev–Trinajstić information content (AvgIpc) is 3.83. The Morgan fingerprint density at radius 3 is 2.39 bits per heavy atom. The number of ether oxygens (including phenoxy) is 2. The third-order valence-electron chi connectivity index (χ3n) is 10.6. The molecule has 242 valence electrons. The van der Waals surface area contributed by atoms with Gasteiger partial charge in [0, 0.05) is 69.2 Å². The average molecular weight is 624 g/mol. The lowest BCUT2D eigenvalue weighted by molar-refractivity contribution is -0.132. The highest BCUT2D eigenvalue weighted by Gasteiger charge is 2.51. The number of carbonyl (C=O) groups excluding carboxylic acids is 1. The van der Waals surface area contributed by atoms with Crippen molar-refractivity contribution in [2.24, 2.45) is 7.05 Å². The topological polar surface area (TPSA) is 91.0 Å². The van der Waals surface area contributed by atoms with Crippen molar-refractivity contribution in [2.75, 3.05) is 40.4 Å². The van der Waals surface area contributed by atoms with E-state index in [4.69, 9.17) is 14.7 Å². The highest BCUT2D eigenvalue weighted by Crippen LogP contribution is 2.46. The van der Waals surface area contributed by atoms with Gasteiger partial charge in [-0.3, -0.25) is 19.4 Å². The summed E-state index contributed by atoms with van der Waals surface area (Å²) in [5, 5.41) is 9.04. The molecule has 1 aromatic heterocycles. The molecule has 3 aliphatic rings. The van der Waals surface area contributed by atoms with Gasteiger partial charge >= 0.3 is 0 Å². The highest BCUT2D eigenvalue weighted by molar-refractivity contribution is 5.79. The molecule has 1 spiro atoms. The minimum atomic E-state index is -0.0841. The Kier molecular flexibility index (Phi) is 8.70. The van der Waals surface area contributed by atoms with Crippen molar-refractivity contribution in [1.29, 1.82) is 5.26 Å². The number of hydrogen-bond donors (Lipinski definition) is 0. The first-order chi connectivity index (χ1) is 22.1. The Morgan fingerprint density at radius 2 is 1.74 bits per heavy atom. The van der Waals surface area contributed by atoms with Crippen molar-refractivity contribution < 1.29 is 14.3 Å². The van der Waals surface area contributed by atoms with E-state index in [1.54, 1.807) is 25.8 Å². The molecule has 1 saturated heterocycles. The van der Waals surface area contributed by atoms with Crippen LogP contribution in [-0.4, -0.2) is 71.1 Å². The van der Waals surface area contributed by atoms with Gasteiger partial charge in [-0.15, -0.1) is 0 Å². The van der Waals surface area contributed by atoms with E-state index in [1.807, 2.05) is 31.0 Å². The first-order valence-corrected chi connectivity index (χ1v) is 16.3. The first kappa shape index (κ1) is 31.8. The molecule has 1 atom stereocenters. The number of carbonyl (C=O) groups is 1. The third-order valence-corrected chi connectivity index (χ3v) is 10.6. The van der Waals surface area contributed by atoms with Gasteiger partial charge in [0.05, 0.1) is 31.9 Å². The van der Waals surface area contributed by atoms with Crippen molar-refractivity contribution in [3.05, 3.63) is 80.3 Å². The molecule has 3 heterocycles. The number of hydrogen-bond acceptors (Lipinski definition) is 7. The van der Waals surface area contributed by atoms with Crippen LogP contribution >= 0.6 is 0 Å². The van der Waals surface area contributed by atoms with Crippen LogP contribution in [0.2, 0.25) is 0 Å². The van der Waals surface area contributed by atoms with Crippen LogP contribution in [0.4, 0.5) is 0 Å². The Bertz CT molecular complexity index is 1740. The number of aromatic nitrogens is 1. The summed E-state index contributed by atoms with van der Waals surface area (Å²) in [6, 6.07) is 12.9. The molecule has 46 heavy (non-hydrogen) atoms. The summed E-state index contributed by atoms with van der Waals surface area (Å²) in [6.45, 7) is 11.1. The van der Waals surface area contributed by atoms with E-state index in [-0.39, 0.29) is 29.5 Å². The third kappa shape index (κ3) is 5.80. The number of benzene rings is 2. The van der Waals surface area contributed by atoms with Gasteiger partial charge in [-0.2, -0.15) is 5.26 Å². The van der Waals surface area contributed by atoms with Crippen molar-refractivity contribution in [1.82, 2.24) is 19.3 Å². The fourth-order valence-corrected chi connectivity index (χ4v) is 7.57. The maximum Gasteiger partial charge on any atom is 0.253 e. The molecule has 6 rings (SSSR count). The SMILES string of the molecule is COc1cc(-c2cn(C)c(=O)c(C)c2C)cc(OC)c1CN1CCN(Cc2ccc3c(c2)C(C)N(C(=O)CC#N)CC3)C2(CC2)C1. The molecule has 9 nitrogen and oxygen atoms in total. The first-order valence-electron chi connectivity index (χ1n) is 16.3. The molecule has 1 aliphatic carbocycles. The minimum Gasteiger partial charge on any atom is -0.496 e. The standard InChI is InChI=1S/C37H45N5O4/c1-24-25(2)36(44)39(4)21-31(24)29-18-33(45-5)32(34(19-29)46-6)22-40-15-16-41(37(23-40)11-12-37)20-27-7-8-28-10-14-42(35(43)9-13-38)26(3)30(28)17-27/h7-8,17-19,21,26H,9-12,14-16,20,22-23H2,1-6H3. The molecule has 1 saturated carbocycles. The second-order valence-electron chi connectivity index (χ2n) is 13.3. The van der Waals surface area contributed by atoms with Crippen LogP contribution in [-0.2, 0) is 31.4 Å². The van der Waals surface area contributed by atoms with Crippen molar-refractivity contribution in [3.8, 4) is 28.7 Å². The lowest BCUT2D eigenvalue weighted by atomic mass is 9.91. The van der Waals surface area contributed by atoms with E-state index >= 15 is 0 Å². The van der Waals surface area contributed by atoms with E-state index in [2.05, 4.69) is 47.1 Å². The summed E-state index contributed by atoms with van der Waals surface area (Å²) in [5.74, 6) is 1.50. The number of nitriles is 1. The van der Waals surface area contributed by atoms with Gasteiger partial charge in [0.2, 0.25) is 5.91 Å². The maximum absolute atomic E-state index is 12.6. The molecule has 0 bridgehead atoms. The number of fused-ring (bicyclic) bond motifs is 1. The lowest BCUT2D eigenvalue weighted by Gasteiger charge is -2.43. The zero-order chi connectivity index (χ0) is 32.7. The van der Waals surface area contributed by atoms with Crippen LogP contribution in [0, 0.1) is 25.2 Å². The molecule has 1 unspecified atom stereocenters. The van der Waals surface area contributed by atoms with Crippen LogP contribution in [0.5, 0.6) is 11.5 Å². The Balaban J connectivity index is 1.18. The largest absolute Gasteiger partial charge is 0.496 e. The van der Waals surface area contributed by atoms with Crippen LogP contribution in [0.3, 0.4) is 0 Å². The molecule has 9 heteroatoms. The monoisotopic (exact) mass is 623 g/mol. The fraction of sp³-hybridized carbons (Fsp3) is 0.486. The molecule has 1 amide bonds. The predicted molar refractivity (Wildman–Crippen MR) is 178 cm³/mol. The lowest BCUT2D eigenvalue weighted by Crippen LogP contribution is -2.54. The summed E-state index contributed by atoms with van der Waals surface area (Å²) in [7, 11) is 5.20. The van der Waals surface area contributed by atoms with Gasteiger partial charge in [0.15, 0.2) is 0 Å². The summed E-state index contributed by atoms with van der Waals surface area (Å²) in [5.41, 5.74) is 8.68. The van der Waals surface area contributed by atoms with E-state index < -0.39 is 0 Å². The van der Waals surface area contributed by atoms with Gasteiger partial charge in [0.1, 0.15) is 17.9 Å². The van der Waals surface area contributed by atoms with Crippen molar-refractivity contribution in [2.45, 2.75) is 71.1 Å². The molecule has 2 aliphatic heterocycles. The number of piperazine rings is 1. The van der Waals surface area contributed by atoms with Gasteiger partial charge in [0.25, 0.3) is 5.56 Å². The van der Waals surface area contributed by atoms with E-state index in [9.17, 15) is 9.59 Å². The van der Waals surface area contributed by atoms with E-state index in [0.717, 1.165) is 78.5 Å². The highest BCUT2D eigenvalue weighted by atomic mass is 16.5. The summed E-state index contributed by atoms with van der Waals surface area (Å²) >= 11 is 0. The van der Waals surface area contributed by atoms with Crippen LogP contribution in [0.1, 0.15) is 65.6 Å². The number of methoxy groups -OCH3 is 2. The van der Waals surface area contributed by atoms with Gasteiger partial charge < -0.3 is 18.9 Å². The van der Waals surface area contributed by atoms with Gasteiger partial charge in [-0.1, -0.05) is 18.2 Å². The number of amides is 1. The predicted octanol–water partition coefficient (Wildman–Crippen LogP) is 4.90. The minimum absolute atomic E-state index is 0.0151. The van der Waals surface area contributed by atoms with Crippen molar-refractivity contribution >= 4 is 5.91 Å². The molecule has 0 N–H and O–H groups in total. The zero-order valence-corrected chi connectivity index (χ0v) is 28.0. The summed E-state index contributed by atoms with van der Waals surface area (Å²) in [6.07, 6.45) is 5.02. The van der Waals surface area contributed by atoms with E-state index in [0.29, 0.717) is 6.54 Å². The Morgan fingerprint density at radius 1 is 1.02 bits per heavy atom. The van der Waals surface area contributed by atoms with Crippen LogP contribution < -0.4 is 15.0 Å². The number of pyridine rings is 1. The zero-order valence-electron chi connectivity index (χ0n) is 28.0. The Hall–Kier alpha value is -4.13. The number of aryl methyl sites for hydroxylation is 1. The summed E-state index contributed by atoms with van der Waals surface area (Å²) in [4.78, 5) is 32.1. The maximum atomic E-state index is 12.6. The second kappa shape index (κ2) is 12.6. The molecule has 0 radical (unpaired) electrons. The second-order valence-corrected chi connectivity index (χ2v) is 13.3. The molecular weight excluding hydrogens is 578 g/mol. The number of rotatable bonds is 8. The molecular formula is C37H45N5O4. The smallest absolute Gasteiger partial charge is 0.253 e. The molecule has 2 fully saturated rings. The molecule has 2 aromatic carbocycles. The summed E-state index contributed by atoms with van der Waals surface area (Å²) < 4.78 is 13.5. The fourth-order valence-electron chi connectivity index (χ4n) is 7.57. The van der Waals surface area contributed by atoms with Gasteiger partial charge in [-0.25, -0.2) is 0 Å². The van der Waals surface area contributed by atoms with E-state index in [1.165, 1.54) is 29.5 Å². The normalized spacial score (nSPS) is 19.1. The quantitative estimate of drug-likeness (QED) is 0.353. The van der Waals surface area contributed by atoms with Crippen LogP contribution in [0.25, 0.3) is 11.1 Å². The Labute approximate surface area is 271 Å². The van der Waals surface area contributed by atoms with Crippen molar-refractivity contribution in [3.63, 3.8) is 0 Å².